The summed E-state index contributed by atoms with van der Waals surface area (Å²) in [6.07, 6.45) is -10.7. The molecule has 14 nitrogen and oxygen atoms in total. The number of azide groups is 1. The van der Waals surface area contributed by atoms with Crippen LogP contribution >= 0.6 is 0 Å². The van der Waals surface area contributed by atoms with Gasteiger partial charge in [0.15, 0.2) is 24.8 Å². The van der Waals surface area contributed by atoms with Gasteiger partial charge in [-0.05, 0) is 41.3 Å². The summed E-state index contributed by atoms with van der Waals surface area (Å²) >= 11 is 0. The lowest BCUT2D eigenvalue weighted by Gasteiger charge is -2.48. The molecule has 294 valence electrons. The fourth-order valence-corrected chi connectivity index (χ4v) is 6.66. The smallest absolute Gasteiger partial charge is 0.338 e. The van der Waals surface area contributed by atoms with Gasteiger partial charge in [-0.3, -0.25) is 4.79 Å². The molecule has 10 atom stereocenters. The summed E-state index contributed by atoms with van der Waals surface area (Å²) in [5.41, 5.74) is 12.4. The van der Waals surface area contributed by atoms with E-state index in [0.29, 0.717) is 0 Å². The molecule has 0 spiro atoms. The third-order valence-electron chi connectivity index (χ3n) is 9.36. The minimum absolute atomic E-state index is 0.0152. The topological polar surface area (TPSA) is 177 Å². The molecule has 14 heteroatoms. The van der Waals surface area contributed by atoms with Gasteiger partial charge in [-0.1, -0.05) is 114 Å². The van der Waals surface area contributed by atoms with E-state index in [4.69, 9.17) is 37.9 Å². The van der Waals surface area contributed by atoms with Gasteiger partial charge in [0.1, 0.15) is 30.5 Å². The molecule has 2 heterocycles. The summed E-state index contributed by atoms with van der Waals surface area (Å²) in [5.74, 6) is -1.37. The maximum atomic E-state index is 13.9. The average Bonchev–Trinajstić information content (AvgIpc) is 3.21. The number of aliphatic hydroxyl groups excluding tert-OH is 1. The van der Waals surface area contributed by atoms with Gasteiger partial charge >= 0.3 is 11.9 Å². The van der Waals surface area contributed by atoms with Gasteiger partial charge < -0.3 is 43.0 Å². The second-order valence-electron chi connectivity index (χ2n) is 13.4. The van der Waals surface area contributed by atoms with Crippen LogP contribution in [0.1, 0.15) is 40.9 Å². The normalized spacial score (nSPS) is 27.4. The lowest BCUT2D eigenvalue weighted by atomic mass is 9.95. The van der Waals surface area contributed by atoms with Crippen LogP contribution in [-0.4, -0.2) is 85.0 Å². The van der Waals surface area contributed by atoms with E-state index >= 15 is 0 Å². The predicted octanol–water partition coefficient (Wildman–Crippen LogP) is 6.06. The van der Waals surface area contributed by atoms with Crippen molar-refractivity contribution in [1.29, 1.82) is 0 Å². The number of nitrogens with zero attached hydrogens (tertiary/aromatic N) is 3. The highest BCUT2D eigenvalue weighted by Gasteiger charge is 2.54. The molecule has 0 bridgehead atoms. The van der Waals surface area contributed by atoms with E-state index in [1.54, 1.807) is 37.3 Å². The van der Waals surface area contributed by atoms with Crippen LogP contribution < -0.4 is 0 Å². The number of benzene rings is 4. The molecule has 0 aromatic heterocycles. The lowest BCUT2D eigenvalue weighted by molar-refractivity contribution is -0.347. The maximum absolute atomic E-state index is 13.9. The Morgan fingerprint density at radius 3 is 1.79 bits per heavy atom. The molecule has 2 aliphatic rings. The Bertz CT molecular complexity index is 1870. The molecular formula is C42H45N3O11. The molecule has 0 saturated carbocycles. The van der Waals surface area contributed by atoms with Crippen LogP contribution in [0.5, 0.6) is 0 Å². The minimum Gasteiger partial charge on any atom is -0.457 e. The second-order valence-corrected chi connectivity index (χ2v) is 13.4. The summed E-state index contributed by atoms with van der Waals surface area (Å²) in [7, 11) is 0. The van der Waals surface area contributed by atoms with Gasteiger partial charge in [0.2, 0.25) is 0 Å². The van der Waals surface area contributed by atoms with Gasteiger partial charge in [0, 0.05) is 11.8 Å². The fraction of sp³-hybridized carbons (Fsp3) is 0.381. The molecule has 0 aliphatic carbocycles. The standard InChI is InChI=1S/C42H45N3O11/c1-27-35(53-28(2)46)37(34(44-45-43)41(48)52-27)56-42-39(55-40(47)32-21-13-6-14-22-32)38(51-25-31-19-11-5-12-20-31)36(50-24-30-17-9-4-10-18-30)33(54-42)26-49-23-29-15-7-3-8-16-29/h3-22,27,33-39,41-42,48H,23-26H2,1-2H3/t27?,33?,34?,35-,36-,37?,38?,39?,41-,42+/m1/s1. The molecule has 6 rings (SSSR count). The van der Waals surface area contributed by atoms with E-state index in [-0.39, 0.29) is 32.0 Å². The third-order valence-corrected chi connectivity index (χ3v) is 9.36. The van der Waals surface area contributed by atoms with Gasteiger partial charge in [-0.25, -0.2) is 4.79 Å². The zero-order valence-corrected chi connectivity index (χ0v) is 31.0. The number of carbonyl (C=O) groups is 2. The van der Waals surface area contributed by atoms with Gasteiger partial charge in [-0.2, -0.15) is 0 Å². The van der Waals surface area contributed by atoms with Crippen LogP contribution in [0.2, 0.25) is 0 Å². The molecule has 2 aliphatic heterocycles. The molecule has 4 aromatic rings. The van der Waals surface area contributed by atoms with E-state index in [9.17, 15) is 20.2 Å². The molecule has 2 saturated heterocycles. The highest BCUT2D eigenvalue weighted by molar-refractivity contribution is 5.89. The fourth-order valence-electron chi connectivity index (χ4n) is 6.66. The number of ether oxygens (including phenoxy) is 8. The van der Waals surface area contributed by atoms with Crippen LogP contribution in [0.3, 0.4) is 0 Å². The first-order valence-electron chi connectivity index (χ1n) is 18.4. The first-order chi connectivity index (χ1) is 27.3. The van der Waals surface area contributed by atoms with E-state index < -0.39 is 73.3 Å². The van der Waals surface area contributed by atoms with Gasteiger partial charge in [0.25, 0.3) is 0 Å². The van der Waals surface area contributed by atoms with Crippen LogP contribution in [0.4, 0.5) is 0 Å². The van der Waals surface area contributed by atoms with Crippen molar-refractivity contribution in [3.05, 3.63) is 154 Å². The Morgan fingerprint density at radius 1 is 0.696 bits per heavy atom. The first kappa shape index (κ1) is 40.5. The van der Waals surface area contributed by atoms with Crippen LogP contribution in [0, 0.1) is 0 Å². The van der Waals surface area contributed by atoms with Crippen molar-refractivity contribution in [3.8, 4) is 0 Å². The molecular weight excluding hydrogens is 722 g/mol. The number of esters is 2. The summed E-state index contributed by atoms with van der Waals surface area (Å²) in [6.45, 7) is 3.26. The van der Waals surface area contributed by atoms with Crippen molar-refractivity contribution in [2.45, 2.75) is 95.0 Å². The Kier molecular flexibility index (Phi) is 14.6. The molecule has 6 unspecified atom stereocenters. The monoisotopic (exact) mass is 767 g/mol. The predicted molar refractivity (Wildman–Crippen MR) is 200 cm³/mol. The Morgan fingerprint density at radius 2 is 1.23 bits per heavy atom. The molecule has 0 amide bonds. The van der Waals surface area contributed by atoms with Crippen molar-refractivity contribution < 1.29 is 52.6 Å². The number of rotatable bonds is 16. The molecule has 56 heavy (non-hydrogen) atoms. The van der Waals surface area contributed by atoms with Crippen LogP contribution in [0.15, 0.2) is 126 Å². The van der Waals surface area contributed by atoms with Crippen LogP contribution in [0.25, 0.3) is 10.4 Å². The average molecular weight is 768 g/mol. The molecule has 2 fully saturated rings. The number of carbonyl (C=O) groups excluding carboxylic acids is 2. The highest BCUT2D eigenvalue weighted by Crippen LogP contribution is 2.35. The Hall–Kier alpha value is -5.15. The zero-order chi connectivity index (χ0) is 39.3. The molecule has 4 aromatic carbocycles. The SMILES string of the molecule is CC(=O)O[C@@H]1C(C)O[C@@H](O)C(N=[N+]=[N-])C1O[C@@H]1OC(COCc2ccccc2)[C@@H](OCc2ccccc2)C(OCc2ccccc2)C1OC(=O)c1ccccc1. The summed E-state index contributed by atoms with van der Waals surface area (Å²) < 4.78 is 50.3. The summed E-state index contributed by atoms with van der Waals surface area (Å²) in [6, 6.07) is 35.6. The van der Waals surface area contributed by atoms with Crippen molar-refractivity contribution in [2.24, 2.45) is 5.11 Å². The van der Waals surface area contributed by atoms with Gasteiger partial charge in [-0.15, -0.1) is 0 Å². The minimum atomic E-state index is -1.64. The number of hydrogen-bond donors (Lipinski definition) is 1. The largest absolute Gasteiger partial charge is 0.457 e. The van der Waals surface area contributed by atoms with Crippen LogP contribution in [-0.2, 0) is 62.5 Å². The van der Waals surface area contributed by atoms with Crippen molar-refractivity contribution >= 4 is 11.9 Å². The zero-order valence-electron chi connectivity index (χ0n) is 31.0. The van der Waals surface area contributed by atoms with E-state index in [2.05, 4.69) is 10.0 Å². The molecule has 0 radical (unpaired) electrons. The van der Waals surface area contributed by atoms with E-state index in [1.807, 2.05) is 91.0 Å². The quantitative estimate of drug-likeness (QED) is 0.0607. The summed E-state index contributed by atoms with van der Waals surface area (Å²) in [5, 5.41) is 14.7. The van der Waals surface area contributed by atoms with Gasteiger partial charge in [0.05, 0.1) is 38.1 Å². The van der Waals surface area contributed by atoms with Crippen molar-refractivity contribution in [3.63, 3.8) is 0 Å². The maximum Gasteiger partial charge on any atom is 0.338 e. The number of hydrogen-bond acceptors (Lipinski definition) is 12. The Balaban J connectivity index is 1.41. The molecule has 1 N–H and O–H groups in total. The Labute approximate surface area is 324 Å². The van der Waals surface area contributed by atoms with Crippen molar-refractivity contribution in [1.82, 2.24) is 0 Å². The van der Waals surface area contributed by atoms with E-state index in [0.717, 1.165) is 16.7 Å². The number of aliphatic hydroxyl groups is 1. The lowest BCUT2D eigenvalue weighted by Crippen LogP contribution is -2.65. The highest BCUT2D eigenvalue weighted by atomic mass is 16.7. The first-order valence-corrected chi connectivity index (χ1v) is 18.4. The summed E-state index contributed by atoms with van der Waals surface area (Å²) in [4.78, 5) is 29.1. The third kappa shape index (κ3) is 10.8. The second kappa shape index (κ2) is 20.1. The van der Waals surface area contributed by atoms with E-state index in [1.165, 1.54) is 6.92 Å². The van der Waals surface area contributed by atoms with Crippen molar-refractivity contribution in [2.75, 3.05) is 6.61 Å².